The molecule has 1 aromatic rings. The van der Waals surface area contributed by atoms with E-state index in [0.717, 1.165) is 18.8 Å². The van der Waals surface area contributed by atoms with Crippen LogP contribution in [0.1, 0.15) is 32.4 Å². The van der Waals surface area contributed by atoms with E-state index in [2.05, 4.69) is 18.7 Å². The summed E-state index contributed by atoms with van der Waals surface area (Å²) >= 11 is 0. The number of nitrogens with two attached hydrogens (primary N) is 1. The van der Waals surface area contributed by atoms with Crippen molar-refractivity contribution < 1.29 is 4.39 Å². The van der Waals surface area contributed by atoms with Gasteiger partial charge in [-0.2, -0.15) is 0 Å². The summed E-state index contributed by atoms with van der Waals surface area (Å²) in [5.41, 5.74) is 7.32. The van der Waals surface area contributed by atoms with Crippen molar-refractivity contribution in [2.24, 2.45) is 5.73 Å². The zero-order chi connectivity index (χ0) is 11.4. The maximum absolute atomic E-state index is 13.6. The van der Waals surface area contributed by atoms with Crippen LogP contribution in [0.5, 0.6) is 0 Å². The Hall–Kier alpha value is -1.09. The normalized spacial score (nSPS) is 12.6. The molecular formula is C12H19FN2. The fourth-order valence-corrected chi connectivity index (χ4v) is 1.82. The van der Waals surface area contributed by atoms with Crippen LogP contribution >= 0.6 is 0 Å². The maximum Gasteiger partial charge on any atom is 0.130 e. The first-order valence-corrected chi connectivity index (χ1v) is 5.40. The third-order valence-electron chi connectivity index (χ3n) is 2.59. The lowest BCUT2D eigenvalue weighted by atomic mass is 10.0. The second-order valence-electron chi connectivity index (χ2n) is 3.63. The second-order valence-corrected chi connectivity index (χ2v) is 3.63. The summed E-state index contributed by atoms with van der Waals surface area (Å²) in [7, 11) is 0. The van der Waals surface area contributed by atoms with Crippen molar-refractivity contribution in [3.63, 3.8) is 0 Å². The predicted molar refractivity (Wildman–Crippen MR) is 62.6 cm³/mol. The topological polar surface area (TPSA) is 29.3 Å². The van der Waals surface area contributed by atoms with Crippen molar-refractivity contribution in [3.8, 4) is 0 Å². The molecule has 0 radical (unpaired) electrons. The molecule has 2 N–H and O–H groups in total. The zero-order valence-corrected chi connectivity index (χ0v) is 9.63. The van der Waals surface area contributed by atoms with Crippen molar-refractivity contribution in [1.29, 1.82) is 0 Å². The van der Waals surface area contributed by atoms with Crippen LogP contribution in [0.2, 0.25) is 0 Å². The third kappa shape index (κ3) is 2.48. The largest absolute Gasteiger partial charge is 0.372 e. The fourth-order valence-electron chi connectivity index (χ4n) is 1.82. The minimum atomic E-state index is -0.276. The monoisotopic (exact) mass is 210 g/mol. The Morgan fingerprint density at radius 3 is 2.40 bits per heavy atom. The third-order valence-corrected chi connectivity index (χ3v) is 2.59. The van der Waals surface area contributed by atoms with Gasteiger partial charge < -0.3 is 10.6 Å². The summed E-state index contributed by atoms with van der Waals surface area (Å²) in [4.78, 5) is 2.11. The Kier molecular flexibility index (Phi) is 4.09. The zero-order valence-electron chi connectivity index (χ0n) is 9.63. The predicted octanol–water partition coefficient (Wildman–Crippen LogP) is 2.69. The van der Waals surface area contributed by atoms with Gasteiger partial charge in [0, 0.05) is 30.4 Å². The first-order chi connectivity index (χ1) is 7.11. The molecule has 0 bridgehead atoms. The summed E-state index contributed by atoms with van der Waals surface area (Å²) in [6.07, 6.45) is 0. The molecule has 15 heavy (non-hydrogen) atoms. The minimum absolute atomic E-state index is 0.214. The number of halogens is 1. The van der Waals surface area contributed by atoms with Crippen molar-refractivity contribution >= 4 is 5.69 Å². The van der Waals surface area contributed by atoms with Gasteiger partial charge in [-0.1, -0.05) is 6.07 Å². The van der Waals surface area contributed by atoms with E-state index in [1.807, 2.05) is 13.0 Å². The van der Waals surface area contributed by atoms with E-state index in [-0.39, 0.29) is 11.9 Å². The smallest absolute Gasteiger partial charge is 0.130 e. The number of benzene rings is 1. The maximum atomic E-state index is 13.6. The van der Waals surface area contributed by atoms with Gasteiger partial charge in [0.1, 0.15) is 5.82 Å². The molecule has 0 aliphatic rings. The molecule has 1 aromatic carbocycles. The van der Waals surface area contributed by atoms with E-state index in [9.17, 15) is 4.39 Å². The van der Waals surface area contributed by atoms with Crippen molar-refractivity contribution in [2.75, 3.05) is 18.0 Å². The van der Waals surface area contributed by atoms with Crippen LogP contribution in [0.4, 0.5) is 10.1 Å². The van der Waals surface area contributed by atoms with Crippen LogP contribution in [-0.4, -0.2) is 13.1 Å². The molecule has 84 valence electrons. The van der Waals surface area contributed by atoms with Gasteiger partial charge in [0.15, 0.2) is 0 Å². The second kappa shape index (κ2) is 5.12. The quantitative estimate of drug-likeness (QED) is 0.828. The molecule has 0 fully saturated rings. The van der Waals surface area contributed by atoms with Crippen LogP contribution in [0.3, 0.4) is 0 Å². The van der Waals surface area contributed by atoms with Crippen LogP contribution in [0.25, 0.3) is 0 Å². The highest BCUT2D eigenvalue weighted by Gasteiger charge is 2.15. The molecule has 0 saturated carbocycles. The van der Waals surface area contributed by atoms with Crippen LogP contribution < -0.4 is 10.6 Å². The SMILES string of the molecule is CCN(CC)c1cccc(F)c1[C@H](C)N. The fraction of sp³-hybridized carbons (Fsp3) is 0.500. The number of nitrogens with zero attached hydrogens (tertiary/aromatic N) is 1. The number of hydrogen-bond acceptors (Lipinski definition) is 2. The summed E-state index contributed by atoms with van der Waals surface area (Å²) in [5, 5.41) is 0. The van der Waals surface area contributed by atoms with Crippen LogP contribution in [0.15, 0.2) is 18.2 Å². The van der Waals surface area contributed by atoms with Gasteiger partial charge in [0.05, 0.1) is 0 Å². The van der Waals surface area contributed by atoms with E-state index >= 15 is 0 Å². The molecule has 0 spiro atoms. The molecule has 1 atom stereocenters. The summed E-state index contributed by atoms with van der Waals surface area (Å²) in [6.45, 7) is 7.64. The molecule has 0 aliphatic carbocycles. The van der Waals surface area contributed by atoms with Gasteiger partial charge >= 0.3 is 0 Å². The summed E-state index contributed by atoms with van der Waals surface area (Å²) in [6, 6.07) is 4.84. The van der Waals surface area contributed by atoms with E-state index in [0.29, 0.717) is 5.56 Å². The average Bonchev–Trinajstić information content (AvgIpc) is 2.19. The van der Waals surface area contributed by atoms with Gasteiger partial charge in [-0.3, -0.25) is 0 Å². The molecule has 1 rings (SSSR count). The Morgan fingerprint density at radius 1 is 1.33 bits per heavy atom. The van der Waals surface area contributed by atoms with Crippen molar-refractivity contribution in [3.05, 3.63) is 29.6 Å². The van der Waals surface area contributed by atoms with Gasteiger partial charge in [0.25, 0.3) is 0 Å². The molecule has 0 unspecified atom stereocenters. The summed E-state index contributed by atoms with van der Waals surface area (Å²) in [5.74, 6) is -0.214. The van der Waals surface area contributed by atoms with E-state index in [1.54, 1.807) is 6.07 Å². The molecule has 2 nitrogen and oxygen atoms in total. The molecule has 0 saturated heterocycles. The molecule has 0 heterocycles. The Morgan fingerprint density at radius 2 is 1.93 bits per heavy atom. The number of hydrogen-bond donors (Lipinski definition) is 1. The minimum Gasteiger partial charge on any atom is -0.372 e. The van der Waals surface area contributed by atoms with Gasteiger partial charge in [0.2, 0.25) is 0 Å². The lowest BCUT2D eigenvalue weighted by Crippen LogP contribution is -2.25. The highest BCUT2D eigenvalue weighted by atomic mass is 19.1. The van der Waals surface area contributed by atoms with Gasteiger partial charge in [-0.25, -0.2) is 4.39 Å². The number of anilines is 1. The molecule has 3 heteroatoms. The Balaban J connectivity index is 3.21. The molecule has 0 aliphatic heterocycles. The van der Waals surface area contributed by atoms with Gasteiger partial charge in [-0.05, 0) is 32.9 Å². The Labute approximate surface area is 90.9 Å². The van der Waals surface area contributed by atoms with Crippen LogP contribution in [0, 0.1) is 5.82 Å². The lowest BCUT2D eigenvalue weighted by Gasteiger charge is -2.25. The average molecular weight is 210 g/mol. The highest BCUT2D eigenvalue weighted by molar-refractivity contribution is 5.55. The molecular weight excluding hydrogens is 191 g/mol. The standard InChI is InChI=1S/C12H19FN2/c1-4-15(5-2)11-8-6-7-10(13)12(11)9(3)14/h6-9H,4-5,14H2,1-3H3/t9-/m0/s1. The van der Waals surface area contributed by atoms with Crippen molar-refractivity contribution in [2.45, 2.75) is 26.8 Å². The first-order valence-electron chi connectivity index (χ1n) is 5.40. The molecule has 0 amide bonds. The van der Waals surface area contributed by atoms with E-state index in [4.69, 9.17) is 5.73 Å². The first kappa shape index (κ1) is 12.0. The highest BCUT2D eigenvalue weighted by Crippen LogP contribution is 2.27. The molecule has 0 aromatic heterocycles. The Bertz CT molecular complexity index is 319. The number of rotatable bonds is 4. The van der Waals surface area contributed by atoms with E-state index < -0.39 is 0 Å². The van der Waals surface area contributed by atoms with Crippen LogP contribution in [-0.2, 0) is 0 Å². The lowest BCUT2D eigenvalue weighted by molar-refractivity contribution is 0.592. The van der Waals surface area contributed by atoms with E-state index in [1.165, 1.54) is 6.07 Å². The van der Waals surface area contributed by atoms with Crippen molar-refractivity contribution in [1.82, 2.24) is 0 Å². The van der Waals surface area contributed by atoms with Gasteiger partial charge in [-0.15, -0.1) is 0 Å². The summed E-state index contributed by atoms with van der Waals surface area (Å²) < 4.78 is 13.6.